The molecule has 0 radical (unpaired) electrons. The van der Waals surface area contributed by atoms with Gasteiger partial charge in [-0.2, -0.15) is 0 Å². The average Bonchev–Trinajstić information content (AvgIpc) is 1.96. The Morgan fingerprint density at radius 1 is 0.875 bits per heavy atom. The Balaban J connectivity index is -0.0000000542. The maximum absolute atomic E-state index is 6.50. The molecule has 0 aliphatic heterocycles. The molecule has 0 unspecified atom stereocenters. The topological polar surface area (TPSA) is 47.6 Å². The lowest BCUT2D eigenvalue weighted by molar-refractivity contribution is 1.58. The highest BCUT2D eigenvalue weighted by molar-refractivity contribution is 4.88. The minimum atomic E-state index is 1.64. The van der Waals surface area contributed by atoms with Crippen LogP contribution in [0.3, 0.4) is 0 Å². The number of hydrogen-bond donors (Lipinski definition) is 0. The van der Waals surface area contributed by atoms with E-state index in [1.165, 1.54) is 0 Å². The molecule has 0 aromatic carbocycles. The van der Waals surface area contributed by atoms with Gasteiger partial charge in [-0.1, -0.05) is 25.3 Å². The van der Waals surface area contributed by atoms with Crippen molar-refractivity contribution in [3.05, 3.63) is 25.3 Å². The zero-order chi connectivity index (χ0) is 7.41. The number of nitrogens with zero attached hydrogens (tertiary/aromatic N) is 2. The molecule has 0 saturated carbocycles. The minimum absolute atomic E-state index is 1.64. The predicted molar refractivity (Wildman–Crippen MR) is 33.7 cm³/mol. The SMILES string of the molecule is C#N.C#N.C=CC=C. The first-order valence-corrected chi connectivity index (χ1v) is 1.67. The minimum Gasteiger partial charge on any atom is -0.202 e. The molecule has 2 nitrogen and oxygen atoms in total. The van der Waals surface area contributed by atoms with Gasteiger partial charge in [0.2, 0.25) is 0 Å². The number of nitriles is 2. The molecule has 8 heavy (non-hydrogen) atoms. The van der Waals surface area contributed by atoms with E-state index in [1.54, 1.807) is 12.2 Å². The van der Waals surface area contributed by atoms with Gasteiger partial charge >= 0.3 is 0 Å². The normalized spacial score (nSPS) is 3.00. The van der Waals surface area contributed by atoms with E-state index in [4.69, 9.17) is 10.5 Å². The first-order valence-electron chi connectivity index (χ1n) is 1.67. The maximum atomic E-state index is 6.50. The Bertz CT molecular complexity index is 67.0. The van der Waals surface area contributed by atoms with Crippen LogP contribution >= 0.6 is 0 Å². The van der Waals surface area contributed by atoms with Crippen molar-refractivity contribution in [3.8, 4) is 13.1 Å². The van der Waals surface area contributed by atoms with E-state index in [1.807, 2.05) is 0 Å². The Hall–Kier alpha value is -1.54. The smallest absolute Gasteiger partial charge is 0.0462 e. The molecular formula is C6H8N2. The first kappa shape index (κ1) is 16.1. The quantitative estimate of drug-likeness (QED) is 0.479. The molecule has 0 amide bonds. The lowest BCUT2D eigenvalue weighted by atomic mass is 10.6. The summed E-state index contributed by atoms with van der Waals surface area (Å²) in [4.78, 5) is 0. The summed E-state index contributed by atoms with van der Waals surface area (Å²) in [5, 5.41) is 13.0. The van der Waals surface area contributed by atoms with Crippen molar-refractivity contribution in [2.45, 2.75) is 0 Å². The largest absolute Gasteiger partial charge is 0.202 e. The zero-order valence-corrected chi connectivity index (χ0v) is 4.62. The Kier molecular flexibility index (Phi) is 1030. The monoisotopic (exact) mass is 108 g/mol. The van der Waals surface area contributed by atoms with E-state index < -0.39 is 0 Å². The molecule has 0 fully saturated rings. The van der Waals surface area contributed by atoms with Gasteiger partial charge in [-0.3, -0.25) is 0 Å². The van der Waals surface area contributed by atoms with Gasteiger partial charge in [0.1, 0.15) is 0 Å². The van der Waals surface area contributed by atoms with Crippen LogP contribution < -0.4 is 0 Å². The molecule has 0 aliphatic carbocycles. The van der Waals surface area contributed by atoms with Crippen molar-refractivity contribution in [1.82, 2.24) is 0 Å². The van der Waals surface area contributed by atoms with E-state index in [9.17, 15) is 0 Å². The second-order valence-electron chi connectivity index (χ2n) is 0.471. The van der Waals surface area contributed by atoms with Crippen LogP contribution in [0.15, 0.2) is 25.3 Å². The standard InChI is InChI=1S/C4H6.2CHN/c1-3-4-2;2*1-2/h3-4H,1-2H2;2*1H. The van der Waals surface area contributed by atoms with Crippen molar-refractivity contribution in [1.29, 1.82) is 10.5 Å². The van der Waals surface area contributed by atoms with Crippen molar-refractivity contribution >= 4 is 0 Å². The molecule has 0 heterocycles. The fraction of sp³-hybridized carbons (Fsp3) is 0. The fourth-order valence-corrected chi connectivity index (χ4v) is 0. The van der Waals surface area contributed by atoms with Crippen molar-refractivity contribution < 1.29 is 0 Å². The Labute approximate surface area is 50.0 Å². The summed E-state index contributed by atoms with van der Waals surface area (Å²) in [5.41, 5.74) is 0. The van der Waals surface area contributed by atoms with Gasteiger partial charge in [0.25, 0.3) is 0 Å². The van der Waals surface area contributed by atoms with E-state index >= 15 is 0 Å². The summed E-state index contributed by atoms with van der Waals surface area (Å²) in [7, 11) is 0. The van der Waals surface area contributed by atoms with Crippen LogP contribution in [-0.2, 0) is 0 Å². The summed E-state index contributed by atoms with van der Waals surface area (Å²) in [6, 6.07) is 0. The molecule has 0 N–H and O–H groups in total. The molecule has 0 spiro atoms. The highest BCUT2D eigenvalue weighted by atomic mass is 14.2. The van der Waals surface area contributed by atoms with Crippen LogP contribution in [0.1, 0.15) is 0 Å². The van der Waals surface area contributed by atoms with E-state index in [0.717, 1.165) is 0 Å². The fourth-order valence-electron chi connectivity index (χ4n) is 0. The second-order valence-corrected chi connectivity index (χ2v) is 0.471. The average molecular weight is 108 g/mol. The predicted octanol–water partition coefficient (Wildman–Crippen LogP) is 1.64. The summed E-state index contributed by atoms with van der Waals surface area (Å²) in [5.74, 6) is 0. The molecule has 0 aromatic rings. The third-order valence-corrected chi connectivity index (χ3v) is 0.167. The maximum Gasteiger partial charge on any atom is 0.0462 e. The van der Waals surface area contributed by atoms with E-state index in [0.29, 0.717) is 0 Å². The summed E-state index contributed by atoms with van der Waals surface area (Å²) in [6.45, 7) is 13.7. The van der Waals surface area contributed by atoms with Crippen LogP contribution in [0.2, 0.25) is 0 Å². The molecule has 0 atom stereocenters. The second kappa shape index (κ2) is 513. The zero-order valence-electron chi connectivity index (χ0n) is 4.62. The van der Waals surface area contributed by atoms with Gasteiger partial charge in [-0.25, -0.2) is 10.5 Å². The number of allylic oxidation sites excluding steroid dienone is 2. The molecule has 42 valence electrons. The molecular weight excluding hydrogens is 100 g/mol. The van der Waals surface area contributed by atoms with Gasteiger partial charge in [0.05, 0.1) is 0 Å². The molecule has 0 aliphatic rings. The van der Waals surface area contributed by atoms with E-state index in [-0.39, 0.29) is 0 Å². The van der Waals surface area contributed by atoms with Crippen molar-refractivity contribution in [3.63, 3.8) is 0 Å². The van der Waals surface area contributed by atoms with Crippen molar-refractivity contribution in [2.75, 3.05) is 0 Å². The lowest BCUT2D eigenvalue weighted by Crippen LogP contribution is -1.21. The van der Waals surface area contributed by atoms with Crippen LogP contribution in [0.5, 0.6) is 0 Å². The molecule has 2 heteroatoms. The Morgan fingerprint density at radius 3 is 1.00 bits per heavy atom. The van der Waals surface area contributed by atoms with E-state index in [2.05, 4.69) is 26.3 Å². The van der Waals surface area contributed by atoms with Crippen LogP contribution in [-0.4, -0.2) is 0 Å². The van der Waals surface area contributed by atoms with Gasteiger partial charge < -0.3 is 0 Å². The molecule has 0 bridgehead atoms. The highest BCUT2D eigenvalue weighted by Gasteiger charge is 1.29. The first-order chi connectivity index (χ1) is 3.91. The molecule has 0 rings (SSSR count). The third kappa shape index (κ3) is 183. The van der Waals surface area contributed by atoms with Crippen LogP contribution in [0.25, 0.3) is 0 Å². The Morgan fingerprint density at radius 2 is 1.00 bits per heavy atom. The number of rotatable bonds is 1. The van der Waals surface area contributed by atoms with Gasteiger partial charge in [0, 0.05) is 13.1 Å². The lowest BCUT2D eigenvalue weighted by Gasteiger charge is -1.44. The summed E-state index contributed by atoms with van der Waals surface area (Å²) < 4.78 is 0. The highest BCUT2D eigenvalue weighted by Crippen LogP contribution is 1.52. The van der Waals surface area contributed by atoms with Gasteiger partial charge in [0.15, 0.2) is 0 Å². The van der Waals surface area contributed by atoms with Crippen LogP contribution in [0, 0.1) is 23.7 Å². The van der Waals surface area contributed by atoms with Gasteiger partial charge in [-0.05, 0) is 0 Å². The number of hydrogen-bond acceptors (Lipinski definition) is 2. The van der Waals surface area contributed by atoms with Crippen LogP contribution in [0.4, 0.5) is 0 Å². The summed E-state index contributed by atoms with van der Waals surface area (Å²) >= 11 is 0. The molecule has 0 saturated heterocycles. The summed E-state index contributed by atoms with van der Waals surface area (Å²) in [6.07, 6.45) is 3.28. The van der Waals surface area contributed by atoms with Gasteiger partial charge in [-0.15, -0.1) is 0 Å². The van der Waals surface area contributed by atoms with Crippen molar-refractivity contribution in [2.24, 2.45) is 0 Å². The molecule has 0 aromatic heterocycles. The third-order valence-electron chi connectivity index (χ3n) is 0.167.